The zero-order chi connectivity index (χ0) is 17.7. The summed E-state index contributed by atoms with van der Waals surface area (Å²) in [5.74, 6) is -0.915. The molecule has 0 saturated carbocycles. The van der Waals surface area contributed by atoms with Crippen LogP contribution < -0.4 is 5.32 Å². The number of non-ortho nitro benzene ring substituents is 1. The van der Waals surface area contributed by atoms with E-state index >= 15 is 0 Å². The Kier molecular flexibility index (Phi) is 5.34. The van der Waals surface area contributed by atoms with E-state index in [1.54, 1.807) is 13.0 Å². The van der Waals surface area contributed by atoms with Gasteiger partial charge in [0.25, 0.3) is 5.69 Å². The number of esters is 1. The molecule has 24 heavy (non-hydrogen) atoms. The summed E-state index contributed by atoms with van der Waals surface area (Å²) >= 11 is 0. The number of carbonyl (C=O) groups is 1. The first-order valence-electron chi connectivity index (χ1n) is 7.11. The molecule has 1 fully saturated rings. The van der Waals surface area contributed by atoms with Gasteiger partial charge in [-0.1, -0.05) is 0 Å². The lowest BCUT2D eigenvalue weighted by molar-refractivity contribution is -0.384. The van der Waals surface area contributed by atoms with Gasteiger partial charge in [0, 0.05) is 12.1 Å². The molecule has 1 heterocycles. The molecule has 0 amide bonds. The molecule has 2 unspecified atom stereocenters. The normalized spacial score (nSPS) is 21.2. The Morgan fingerprint density at radius 2 is 2.17 bits per heavy atom. The number of carbonyl (C=O) groups excluding carboxylic acids is 1. The molecular formula is C15H15N3O6. The first kappa shape index (κ1) is 17.2. The second kappa shape index (κ2) is 7.43. The first-order chi connectivity index (χ1) is 11.5. The monoisotopic (exact) mass is 333 g/mol. The number of rotatable bonds is 5. The third-order valence-corrected chi connectivity index (χ3v) is 3.37. The molecule has 2 atom stereocenters. The number of nitrogens with one attached hydrogen (secondary N) is 1. The van der Waals surface area contributed by atoms with Crippen LogP contribution in [0.25, 0.3) is 0 Å². The quantitative estimate of drug-likeness (QED) is 0.267. The predicted octanol–water partition coefficient (Wildman–Crippen LogP) is 0.915. The Morgan fingerprint density at radius 3 is 2.67 bits per heavy atom. The van der Waals surface area contributed by atoms with Gasteiger partial charge in [0.15, 0.2) is 5.57 Å². The lowest BCUT2D eigenvalue weighted by atomic mass is 10.0. The number of nitrogens with zero attached hydrogens (tertiary/aromatic N) is 2. The van der Waals surface area contributed by atoms with Gasteiger partial charge in [-0.25, -0.2) is 4.79 Å². The molecule has 1 saturated heterocycles. The Labute approximate surface area is 137 Å². The van der Waals surface area contributed by atoms with Crippen LogP contribution >= 0.6 is 0 Å². The minimum absolute atomic E-state index is 0.0785. The average Bonchev–Trinajstić information content (AvgIpc) is 3.00. The summed E-state index contributed by atoms with van der Waals surface area (Å²) in [5.41, 5.74) is 0.147. The van der Waals surface area contributed by atoms with Crippen molar-refractivity contribution >= 4 is 11.7 Å². The van der Waals surface area contributed by atoms with Crippen LogP contribution in [0.1, 0.15) is 18.6 Å². The van der Waals surface area contributed by atoms with Crippen LogP contribution in [0.2, 0.25) is 0 Å². The summed E-state index contributed by atoms with van der Waals surface area (Å²) in [7, 11) is 0. The van der Waals surface area contributed by atoms with Crippen molar-refractivity contribution in [2.24, 2.45) is 0 Å². The highest BCUT2D eigenvalue weighted by Gasteiger charge is 2.36. The van der Waals surface area contributed by atoms with Crippen molar-refractivity contribution < 1.29 is 24.3 Å². The van der Waals surface area contributed by atoms with E-state index < -0.39 is 23.0 Å². The fourth-order valence-electron chi connectivity index (χ4n) is 2.24. The molecule has 9 heteroatoms. The van der Waals surface area contributed by atoms with Crippen molar-refractivity contribution in [3.05, 3.63) is 51.4 Å². The molecule has 1 aromatic rings. The Balaban J connectivity index is 2.30. The summed E-state index contributed by atoms with van der Waals surface area (Å²) in [6, 6.07) is 6.71. The predicted molar refractivity (Wildman–Crippen MR) is 80.2 cm³/mol. The summed E-state index contributed by atoms with van der Waals surface area (Å²) in [5, 5.41) is 32.1. The van der Waals surface area contributed by atoms with E-state index in [1.807, 2.05) is 0 Å². The van der Waals surface area contributed by atoms with E-state index in [-0.39, 0.29) is 30.4 Å². The molecule has 0 spiro atoms. The maximum atomic E-state index is 11.8. The van der Waals surface area contributed by atoms with E-state index in [2.05, 4.69) is 5.32 Å². The summed E-state index contributed by atoms with van der Waals surface area (Å²) in [6.07, 6.45) is -0.705. The molecule has 0 radical (unpaired) electrons. The average molecular weight is 333 g/mol. The van der Waals surface area contributed by atoms with E-state index in [9.17, 15) is 20.0 Å². The number of ether oxygens (including phenoxy) is 2. The molecule has 1 aliphatic heterocycles. The number of nitriles is 1. The number of nitro benzene ring substituents is 1. The highest BCUT2D eigenvalue weighted by molar-refractivity contribution is 5.93. The maximum absolute atomic E-state index is 11.8. The first-order valence-corrected chi connectivity index (χ1v) is 7.11. The smallest absolute Gasteiger partial charge is 0.354 e. The highest BCUT2D eigenvalue weighted by atomic mass is 16.6. The van der Waals surface area contributed by atoms with Gasteiger partial charge in [0.05, 0.1) is 24.2 Å². The third-order valence-electron chi connectivity index (χ3n) is 3.37. The van der Waals surface area contributed by atoms with Gasteiger partial charge in [-0.15, -0.1) is 0 Å². The van der Waals surface area contributed by atoms with E-state index in [0.29, 0.717) is 5.56 Å². The lowest BCUT2D eigenvalue weighted by Crippen LogP contribution is -2.29. The van der Waals surface area contributed by atoms with Gasteiger partial charge in [-0.05, 0) is 24.6 Å². The van der Waals surface area contributed by atoms with Gasteiger partial charge in [0.2, 0.25) is 5.88 Å². The molecule has 0 aromatic heterocycles. The molecule has 2 N–H and O–H groups in total. The molecule has 1 aliphatic rings. The molecule has 0 aliphatic carbocycles. The summed E-state index contributed by atoms with van der Waals surface area (Å²) < 4.78 is 10.4. The fraction of sp³-hybridized carbons (Fsp3) is 0.333. The number of benzene rings is 1. The highest BCUT2D eigenvalue weighted by Crippen LogP contribution is 2.32. The van der Waals surface area contributed by atoms with Crippen molar-refractivity contribution in [1.29, 1.82) is 5.26 Å². The topological polar surface area (TPSA) is 135 Å². The lowest BCUT2D eigenvalue weighted by Gasteiger charge is -2.15. The van der Waals surface area contributed by atoms with Gasteiger partial charge in [0.1, 0.15) is 12.2 Å². The number of aliphatic hydroxyl groups is 1. The number of hydrogen-bond donors (Lipinski definition) is 2. The number of nitro groups is 1. The minimum atomic E-state index is -0.830. The van der Waals surface area contributed by atoms with E-state index in [1.165, 1.54) is 24.3 Å². The van der Waals surface area contributed by atoms with Gasteiger partial charge >= 0.3 is 5.97 Å². The number of hydrogen-bond acceptors (Lipinski definition) is 8. The second-order valence-electron chi connectivity index (χ2n) is 4.86. The van der Waals surface area contributed by atoms with Crippen LogP contribution in [0.15, 0.2) is 35.7 Å². The van der Waals surface area contributed by atoms with E-state index in [0.717, 1.165) is 0 Å². The molecule has 0 bridgehead atoms. The summed E-state index contributed by atoms with van der Waals surface area (Å²) in [4.78, 5) is 21.9. The second-order valence-corrected chi connectivity index (χ2v) is 4.86. The van der Waals surface area contributed by atoms with Crippen LogP contribution in [0.3, 0.4) is 0 Å². The fourth-order valence-corrected chi connectivity index (χ4v) is 2.24. The van der Waals surface area contributed by atoms with Gasteiger partial charge in [-0.2, -0.15) is 5.26 Å². The molecule has 1 aromatic carbocycles. The Morgan fingerprint density at radius 1 is 1.50 bits per heavy atom. The minimum Gasteiger partial charge on any atom is -0.468 e. The zero-order valence-electron chi connectivity index (χ0n) is 12.8. The molecular weight excluding hydrogens is 318 g/mol. The van der Waals surface area contributed by atoms with Crippen molar-refractivity contribution in [1.82, 2.24) is 5.32 Å². The van der Waals surface area contributed by atoms with Crippen molar-refractivity contribution in [2.45, 2.75) is 19.1 Å². The molecule has 9 nitrogen and oxygen atoms in total. The van der Waals surface area contributed by atoms with Gasteiger partial charge < -0.3 is 19.9 Å². The zero-order valence-corrected chi connectivity index (χ0v) is 12.8. The summed E-state index contributed by atoms with van der Waals surface area (Å²) in [6.45, 7) is 1.38. The van der Waals surface area contributed by atoms with Crippen LogP contribution in [0, 0.1) is 21.4 Å². The molecule has 126 valence electrons. The van der Waals surface area contributed by atoms with Crippen molar-refractivity contribution in [3.8, 4) is 6.07 Å². The van der Waals surface area contributed by atoms with Crippen molar-refractivity contribution in [3.63, 3.8) is 0 Å². The van der Waals surface area contributed by atoms with Crippen LogP contribution in [-0.2, 0) is 14.3 Å². The standard InChI is InChI=1S/C15H15N3O6/c1-2-23-15(20)11(7-16)14-17-12(8-19)13(24-14)9-3-5-10(6-4-9)18(21)22/h3-6,12-13,17,19H,2,8H2,1H3/b14-11-. The maximum Gasteiger partial charge on any atom is 0.354 e. The SMILES string of the molecule is CCOC(=O)/C(C#N)=C1/NC(CO)C(c2ccc([N+](=O)[O-])cc2)O1. The van der Waals surface area contributed by atoms with Crippen molar-refractivity contribution in [2.75, 3.05) is 13.2 Å². The van der Waals surface area contributed by atoms with Gasteiger partial charge in [-0.3, -0.25) is 10.1 Å². The van der Waals surface area contributed by atoms with Crippen LogP contribution in [-0.4, -0.2) is 35.3 Å². The number of aliphatic hydroxyl groups excluding tert-OH is 1. The Bertz CT molecular complexity index is 707. The van der Waals surface area contributed by atoms with Crippen LogP contribution in [0.5, 0.6) is 0 Å². The van der Waals surface area contributed by atoms with Crippen LogP contribution in [0.4, 0.5) is 5.69 Å². The molecule has 2 rings (SSSR count). The largest absolute Gasteiger partial charge is 0.468 e. The Hall–Kier alpha value is -3.12. The van der Waals surface area contributed by atoms with E-state index in [4.69, 9.17) is 14.7 Å². The third kappa shape index (κ3) is 3.44.